The van der Waals surface area contributed by atoms with Gasteiger partial charge in [0, 0.05) is 49.9 Å². The predicted octanol–water partition coefficient (Wildman–Crippen LogP) is 3.36. The fraction of sp³-hybridized carbons (Fsp3) is 0.429. The van der Waals surface area contributed by atoms with Gasteiger partial charge in [-0.3, -0.25) is 19.2 Å². The van der Waals surface area contributed by atoms with Crippen LogP contribution in [-0.2, 0) is 19.1 Å². The summed E-state index contributed by atoms with van der Waals surface area (Å²) in [6.07, 6.45) is 2.60. The average Bonchev–Trinajstić information content (AvgIpc) is 3.60. The highest BCUT2D eigenvalue weighted by Crippen LogP contribution is 2.27. The lowest BCUT2D eigenvalue weighted by atomic mass is 10.1. The van der Waals surface area contributed by atoms with Crippen LogP contribution >= 0.6 is 0 Å². The van der Waals surface area contributed by atoms with Crippen LogP contribution in [0.1, 0.15) is 48.7 Å². The highest BCUT2D eigenvalue weighted by Gasteiger charge is 2.34. The van der Waals surface area contributed by atoms with Gasteiger partial charge in [-0.15, -0.1) is 0 Å². The summed E-state index contributed by atoms with van der Waals surface area (Å²) in [6, 6.07) is 15.4. The molecule has 2 aliphatic rings. The van der Waals surface area contributed by atoms with Gasteiger partial charge in [0.2, 0.25) is 11.8 Å². The molecule has 5 rings (SSSR count). The number of hydrogen-bond donors (Lipinski definition) is 2. The summed E-state index contributed by atoms with van der Waals surface area (Å²) in [5, 5.41) is 6.14. The van der Waals surface area contributed by atoms with Crippen molar-refractivity contribution in [3.8, 4) is 5.75 Å². The molecule has 13 nitrogen and oxygen atoms in total. The van der Waals surface area contributed by atoms with Crippen LogP contribution in [0.2, 0.25) is 0 Å². The minimum Gasteiger partial charge on any atom is -0.483 e. The molecule has 3 aromatic rings. The molecule has 0 spiro atoms. The Kier molecular flexibility index (Phi) is 11.4. The zero-order valence-electron chi connectivity index (χ0n) is 27.4. The molecule has 0 aliphatic carbocycles. The number of aryl methyl sites for hydroxylation is 1. The van der Waals surface area contributed by atoms with Crippen LogP contribution in [0.5, 0.6) is 5.75 Å². The second-order valence-electron chi connectivity index (χ2n) is 11.9. The van der Waals surface area contributed by atoms with E-state index in [1.807, 2.05) is 50.2 Å². The topological polar surface area (TPSA) is 150 Å². The summed E-state index contributed by atoms with van der Waals surface area (Å²) >= 11 is 0. The number of piperazine rings is 1. The van der Waals surface area contributed by atoms with Gasteiger partial charge in [-0.2, -0.15) is 0 Å². The van der Waals surface area contributed by atoms with Crippen LogP contribution in [-0.4, -0.2) is 108 Å². The number of rotatable bonds is 11. The van der Waals surface area contributed by atoms with E-state index in [9.17, 15) is 24.0 Å². The number of amides is 5. The van der Waals surface area contributed by atoms with Crippen molar-refractivity contribution in [3.63, 3.8) is 0 Å². The number of aromatic nitrogens is 1. The van der Waals surface area contributed by atoms with E-state index in [2.05, 4.69) is 15.6 Å². The Morgan fingerprint density at radius 1 is 0.917 bits per heavy atom. The average molecular weight is 659 g/mol. The van der Waals surface area contributed by atoms with Crippen molar-refractivity contribution < 1.29 is 33.4 Å². The third-order valence-corrected chi connectivity index (χ3v) is 8.44. The van der Waals surface area contributed by atoms with Gasteiger partial charge in [-0.1, -0.05) is 37.6 Å². The SMILES string of the molecule is CCCCOC(=O)N1CCN(C(=O)CNC(=O)c2cc(OCC(=O)N3CCC[C@H]3C(=O)Nc3ccccc3)c3ccc(C)cc3n2)CC1. The van der Waals surface area contributed by atoms with Crippen molar-refractivity contribution in [1.82, 2.24) is 25.0 Å². The summed E-state index contributed by atoms with van der Waals surface area (Å²) in [4.78, 5) is 73.8. The Labute approximate surface area is 279 Å². The molecule has 0 unspecified atom stereocenters. The standard InChI is InChI=1S/C35H42N6O7/c1-3-4-19-47-35(46)40-17-15-39(16-18-40)31(42)22-36-33(44)28-21-30(26-13-12-24(2)20-27(26)38-28)48-23-32(43)41-14-8-11-29(41)34(45)37-25-9-6-5-7-10-25/h5-7,9-10,12-13,20-21,29H,3-4,8,11,14-19,22-23H2,1-2H3,(H,36,44)(H,37,45)/t29-/m0/s1. The van der Waals surface area contributed by atoms with E-state index in [1.54, 1.807) is 21.9 Å². The number of nitrogens with one attached hydrogen (secondary N) is 2. The molecule has 0 radical (unpaired) electrons. The number of ether oxygens (including phenoxy) is 2. The summed E-state index contributed by atoms with van der Waals surface area (Å²) in [6.45, 7) is 5.52. The molecule has 2 aliphatic heterocycles. The molecule has 2 saturated heterocycles. The third kappa shape index (κ3) is 8.58. The van der Waals surface area contributed by atoms with Crippen LogP contribution in [0.25, 0.3) is 10.9 Å². The monoisotopic (exact) mass is 658 g/mol. The number of fused-ring (bicyclic) bond motifs is 1. The van der Waals surface area contributed by atoms with Crippen molar-refractivity contribution in [3.05, 3.63) is 65.9 Å². The maximum atomic E-state index is 13.3. The maximum Gasteiger partial charge on any atom is 0.409 e. The lowest BCUT2D eigenvalue weighted by molar-refractivity contribution is -0.138. The molecular formula is C35H42N6O7. The Morgan fingerprint density at radius 3 is 2.42 bits per heavy atom. The molecule has 1 atom stereocenters. The smallest absolute Gasteiger partial charge is 0.409 e. The summed E-state index contributed by atoms with van der Waals surface area (Å²) in [5.41, 5.74) is 2.11. The largest absolute Gasteiger partial charge is 0.483 e. The molecule has 2 N–H and O–H groups in total. The first-order valence-electron chi connectivity index (χ1n) is 16.4. The van der Waals surface area contributed by atoms with Crippen LogP contribution in [0.3, 0.4) is 0 Å². The molecule has 0 bridgehead atoms. The van der Waals surface area contributed by atoms with Crippen molar-refractivity contribution in [2.45, 2.75) is 45.6 Å². The van der Waals surface area contributed by atoms with Gasteiger partial charge in [0.05, 0.1) is 18.7 Å². The number of carbonyl (C=O) groups is 5. The predicted molar refractivity (Wildman–Crippen MR) is 179 cm³/mol. The Morgan fingerprint density at radius 2 is 1.67 bits per heavy atom. The van der Waals surface area contributed by atoms with Gasteiger partial charge in [0.15, 0.2) is 6.61 Å². The molecule has 2 aromatic carbocycles. The Hall–Kier alpha value is -5.20. The number of pyridine rings is 1. The summed E-state index contributed by atoms with van der Waals surface area (Å²) in [5.74, 6) is -1.16. The van der Waals surface area contributed by atoms with Crippen molar-refractivity contribution in [2.24, 2.45) is 0 Å². The number of nitrogens with zero attached hydrogens (tertiary/aromatic N) is 4. The molecule has 5 amide bonds. The van der Waals surface area contributed by atoms with Crippen LogP contribution in [0.4, 0.5) is 10.5 Å². The molecule has 2 fully saturated rings. The van der Waals surface area contributed by atoms with Crippen molar-refractivity contribution in [2.75, 3.05) is 57.8 Å². The highest BCUT2D eigenvalue weighted by molar-refractivity contribution is 5.99. The molecule has 1 aromatic heterocycles. The van der Waals surface area contributed by atoms with E-state index >= 15 is 0 Å². The lowest BCUT2D eigenvalue weighted by Crippen LogP contribution is -2.52. The normalized spacial score (nSPS) is 16.0. The minimum atomic E-state index is -0.611. The second kappa shape index (κ2) is 16.1. The summed E-state index contributed by atoms with van der Waals surface area (Å²) < 4.78 is 11.2. The first-order valence-corrected chi connectivity index (χ1v) is 16.4. The minimum absolute atomic E-state index is 0.0317. The zero-order valence-corrected chi connectivity index (χ0v) is 27.4. The number of carbonyl (C=O) groups excluding carboxylic acids is 5. The number of hydrogen-bond acceptors (Lipinski definition) is 8. The first-order chi connectivity index (χ1) is 23.2. The second-order valence-corrected chi connectivity index (χ2v) is 11.9. The highest BCUT2D eigenvalue weighted by atomic mass is 16.6. The number of benzene rings is 2. The number of anilines is 1. The van der Waals surface area contributed by atoms with Crippen molar-refractivity contribution in [1.29, 1.82) is 0 Å². The van der Waals surface area contributed by atoms with Gasteiger partial charge >= 0.3 is 6.09 Å². The summed E-state index contributed by atoms with van der Waals surface area (Å²) in [7, 11) is 0. The van der Waals surface area contributed by atoms with Crippen LogP contribution in [0, 0.1) is 6.92 Å². The fourth-order valence-electron chi connectivity index (χ4n) is 5.74. The third-order valence-electron chi connectivity index (χ3n) is 8.44. The molecule has 254 valence electrons. The van der Waals surface area contributed by atoms with Gasteiger partial charge < -0.3 is 34.8 Å². The fourth-order valence-corrected chi connectivity index (χ4v) is 5.74. The lowest BCUT2D eigenvalue weighted by Gasteiger charge is -2.34. The molecule has 3 heterocycles. The number of para-hydroxylation sites is 1. The molecule has 0 saturated carbocycles. The number of unbranched alkanes of at least 4 members (excludes halogenated alkanes) is 1. The van der Waals surface area contributed by atoms with Gasteiger partial charge in [-0.05, 0) is 56.0 Å². The zero-order chi connectivity index (χ0) is 34.0. The Bertz CT molecular complexity index is 1640. The maximum absolute atomic E-state index is 13.3. The van der Waals surface area contributed by atoms with E-state index in [0.717, 1.165) is 18.4 Å². The van der Waals surface area contributed by atoms with Gasteiger partial charge in [-0.25, -0.2) is 9.78 Å². The number of likely N-dealkylation sites (tertiary alicyclic amines) is 1. The quantitative estimate of drug-likeness (QED) is 0.298. The molecule has 48 heavy (non-hydrogen) atoms. The van der Waals surface area contributed by atoms with Gasteiger partial charge in [0.25, 0.3) is 11.8 Å². The van der Waals surface area contributed by atoms with E-state index < -0.39 is 11.9 Å². The Balaban J connectivity index is 1.19. The van der Waals surface area contributed by atoms with Gasteiger partial charge in [0.1, 0.15) is 17.5 Å². The van der Waals surface area contributed by atoms with E-state index in [1.165, 1.54) is 11.0 Å². The van der Waals surface area contributed by atoms with E-state index in [0.29, 0.717) is 68.8 Å². The van der Waals surface area contributed by atoms with E-state index in [4.69, 9.17) is 9.47 Å². The van der Waals surface area contributed by atoms with E-state index in [-0.39, 0.29) is 48.4 Å². The molecule has 13 heteroatoms. The van der Waals surface area contributed by atoms with Crippen molar-refractivity contribution >= 4 is 46.3 Å². The first kappa shape index (κ1) is 34.1. The van der Waals surface area contributed by atoms with Crippen LogP contribution < -0.4 is 15.4 Å². The van der Waals surface area contributed by atoms with Crippen LogP contribution in [0.15, 0.2) is 54.6 Å². The molecular weight excluding hydrogens is 616 g/mol.